The van der Waals surface area contributed by atoms with E-state index in [9.17, 15) is 14.4 Å². The molecule has 2 amide bonds. The Kier molecular flexibility index (Phi) is 6.23. The first kappa shape index (κ1) is 23.3. The number of rotatable bonds is 5. The van der Waals surface area contributed by atoms with Crippen LogP contribution in [0.15, 0.2) is 127 Å². The van der Waals surface area contributed by atoms with Gasteiger partial charge >= 0.3 is 5.91 Å². The van der Waals surface area contributed by atoms with E-state index >= 15 is 0 Å². The predicted octanol–water partition coefficient (Wildman–Crippen LogP) is 5.79. The molecule has 0 spiro atoms. The summed E-state index contributed by atoms with van der Waals surface area (Å²) in [6.07, 6.45) is 0. The van der Waals surface area contributed by atoms with Gasteiger partial charge in [-0.3, -0.25) is 19.3 Å². The van der Waals surface area contributed by atoms with Gasteiger partial charge in [0.1, 0.15) is 0 Å². The highest BCUT2D eigenvalue weighted by molar-refractivity contribution is 6.61. The molecule has 0 aromatic heterocycles. The lowest BCUT2D eigenvalue weighted by Gasteiger charge is -2.38. The molecule has 1 aliphatic heterocycles. The van der Waals surface area contributed by atoms with Gasteiger partial charge in [0.05, 0.1) is 10.6 Å². The first-order valence-electron chi connectivity index (χ1n) is 11.4. The third-order valence-corrected chi connectivity index (χ3v) is 6.54. The minimum absolute atomic E-state index is 0.0412. The maximum absolute atomic E-state index is 14.4. The number of carbonyl (C=O) groups excluding carboxylic acids is 3. The van der Waals surface area contributed by atoms with Crippen molar-refractivity contribution in [3.63, 3.8) is 0 Å². The second kappa shape index (κ2) is 9.64. The quantitative estimate of drug-likeness (QED) is 0.283. The molecule has 0 unspecified atom stereocenters. The average Bonchev–Trinajstić information content (AvgIpc) is 3.17. The van der Waals surface area contributed by atoms with Gasteiger partial charge < -0.3 is 5.32 Å². The van der Waals surface area contributed by atoms with Gasteiger partial charge in [-0.15, -0.1) is 0 Å². The van der Waals surface area contributed by atoms with Crippen LogP contribution in [0.3, 0.4) is 0 Å². The molecule has 4 aromatic rings. The number of para-hydroxylation sites is 2. The Bertz CT molecular complexity index is 1460. The lowest BCUT2D eigenvalue weighted by atomic mass is 9.80. The van der Waals surface area contributed by atoms with E-state index in [0.29, 0.717) is 22.5 Å². The van der Waals surface area contributed by atoms with Crippen LogP contribution >= 0.6 is 11.6 Å². The lowest BCUT2D eigenvalue weighted by Crippen LogP contribution is -2.53. The number of benzene rings is 4. The highest BCUT2D eigenvalue weighted by Gasteiger charge is 2.62. The summed E-state index contributed by atoms with van der Waals surface area (Å²) < 4.78 is 0. The van der Waals surface area contributed by atoms with Crippen LogP contribution in [-0.2, 0) is 19.9 Å². The predicted molar refractivity (Wildman–Crippen MR) is 141 cm³/mol. The molecule has 1 N–H and O–H groups in total. The minimum atomic E-state index is -1.86. The molecule has 0 saturated carbocycles. The first-order valence-corrected chi connectivity index (χ1v) is 11.7. The summed E-state index contributed by atoms with van der Waals surface area (Å²) in [5.41, 5.74) is -0.0739. The zero-order chi connectivity index (χ0) is 25.1. The smallest absolute Gasteiger partial charge is 0.300 e. The van der Waals surface area contributed by atoms with Crippen LogP contribution < -0.4 is 10.2 Å². The van der Waals surface area contributed by atoms with E-state index in [1.165, 1.54) is 4.90 Å². The van der Waals surface area contributed by atoms with Gasteiger partial charge in [-0.1, -0.05) is 109 Å². The molecule has 176 valence electrons. The zero-order valence-corrected chi connectivity index (χ0v) is 19.9. The molecule has 4 aromatic carbocycles. The Morgan fingerprint density at radius 1 is 0.694 bits per heavy atom. The molecule has 1 saturated heterocycles. The van der Waals surface area contributed by atoms with E-state index in [0.717, 1.165) is 0 Å². The fraction of sp³-hybridized carbons (Fsp3) is 0.0333. The molecule has 0 radical (unpaired) electrons. The number of halogens is 1. The summed E-state index contributed by atoms with van der Waals surface area (Å²) in [6.45, 7) is 0. The molecular weight excluding hydrogens is 472 g/mol. The third kappa shape index (κ3) is 3.80. The largest absolute Gasteiger partial charge is 0.323 e. The summed E-state index contributed by atoms with van der Waals surface area (Å²) in [5.74, 6) is -2.25. The Morgan fingerprint density at radius 2 is 1.19 bits per heavy atom. The molecule has 5 nitrogen and oxygen atoms in total. The van der Waals surface area contributed by atoms with Crippen molar-refractivity contribution >= 4 is 45.6 Å². The first-order chi connectivity index (χ1) is 17.5. The minimum Gasteiger partial charge on any atom is -0.323 e. The molecule has 36 heavy (non-hydrogen) atoms. The van der Waals surface area contributed by atoms with E-state index in [1.54, 1.807) is 109 Å². The standard InChI is InChI=1S/C30H21ClN2O3/c31-26(21-13-5-1-6-14-21)25-27(34)28(35)33(24-19-11-4-12-20-24)30(25,22-15-7-2-8-16-22)29(36)32-23-17-9-3-10-18-23/h1-20H,(H,32,36)/b26-25-/t30-/m1/s1. The van der Waals surface area contributed by atoms with Crippen molar-refractivity contribution in [2.75, 3.05) is 10.2 Å². The number of Topliss-reactive ketones (excluding diaryl/α,β-unsaturated/α-hetero) is 1. The molecular formula is C30H21ClN2O3. The SMILES string of the molecule is O=C1C(=O)N(c2ccccc2)[C@](C(=O)Nc2ccccc2)(c2ccccc2)/C1=C(\Cl)c1ccccc1. The van der Waals surface area contributed by atoms with Crippen molar-refractivity contribution in [3.05, 3.63) is 138 Å². The molecule has 1 atom stereocenters. The zero-order valence-electron chi connectivity index (χ0n) is 19.1. The summed E-state index contributed by atoms with van der Waals surface area (Å²) in [7, 11) is 0. The summed E-state index contributed by atoms with van der Waals surface area (Å²) in [4.78, 5) is 43.1. The summed E-state index contributed by atoms with van der Waals surface area (Å²) in [6, 6.07) is 35.2. The monoisotopic (exact) mass is 492 g/mol. The van der Waals surface area contributed by atoms with E-state index in [-0.39, 0.29) is 10.6 Å². The van der Waals surface area contributed by atoms with Crippen LogP contribution in [0.5, 0.6) is 0 Å². The number of hydrogen-bond acceptors (Lipinski definition) is 3. The molecule has 5 rings (SSSR count). The second-order valence-corrected chi connectivity index (χ2v) is 8.63. The van der Waals surface area contributed by atoms with Crippen molar-refractivity contribution < 1.29 is 14.4 Å². The molecule has 0 aliphatic carbocycles. The lowest BCUT2D eigenvalue weighted by molar-refractivity contribution is -0.132. The van der Waals surface area contributed by atoms with Crippen molar-refractivity contribution in [3.8, 4) is 0 Å². The third-order valence-electron chi connectivity index (χ3n) is 6.13. The van der Waals surface area contributed by atoms with Gasteiger partial charge in [-0.05, 0) is 35.4 Å². The molecule has 6 heteroatoms. The van der Waals surface area contributed by atoms with Crippen molar-refractivity contribution in [2.24, 2.45) is 0 Å². The maximum atomic E-state index is 14.4. The number of nitrogens with zero attached hydrogens (tertiary/aromatic N) is 1. The van der Waals surface area contributed by atoms with E-state index in [1.807, 2.05) is 12.1 Å². The normalized spacial score (nSPS) is 18.8. The van der Waals surface area contributed by atoms with Gasteiger partial charge in [0.15, 0.2) is 5.54 Å². The van der Waals surface area contributed by atoms with Crippen molar-refractivity contribution in [1.29, 1.82) is 0 Å². The number of ketones is 1. The van der Waals surface area contributed by atoms with Gasteiger partial charge in [-0.25, -0.2) is 0 Å². The molecule has 0 bridgehead atoms. The van der Waals surface area contributed by atoms with Crippen LogP contribution in [0.2, 0.25) is 0 Å². The van der Waals surface area contributed by atoms with Crippen LogP contribution in [0.4, 0.5) is 11.4 Å². The fourth-order valence-corrected chi connectivity index (χ4v) is 4.90. The highest BCUT2D eigenvalue weighted by atomic mass is 35.5. The van der Waals surface area contributed by atoms with Crippen LogP contribution in [-0.4, -0.2) is 17.6 Å². The van der Waals surface area contributed by atoms with Crippen LogP contribution in [0.1, 0.15) is 11.1 Å². The van der Waals surface area contributed by atoms with Crippen LogP contribution in [0.25, 0.3) is 5.03 Å². The summed E-state index contributed by atoms with van der Waals surface area (Å²) in [5, 5.41) is 2.96. The Balaban J connectivity index is 1.86. The topological polar surface area (TPSA) is 66.5 Å². The second-order valence-electron chi connectivity index (χ2n) is 8.26. The molecule has 1 fully saturated rings. The number of amides is 2. The van der Waals surface area contributed by atoms with Crippen molar-refractivity contribution in [1.82, 2.24) is 0 Å². The average molecular weight is 493 g/mol. The highest BCUT2D eigenvalue weighted by Crippen LogP contribution is 2.49. The Morgan fingerprint density at radius 3 is 1.78 bits per heavy atom. The van der Waals surface area contributed by atoms with Gasteiger partial charge in [-0.2, -0.15) is 0 Å². The number of hydrogen-bond donors (Lipinski definition) is 1. The van der Waals surface area contributed by atoms with Crippen LogP contribution in [0, 0.1) is 0 Å². The number of nitrogens with one attached hydrogen (secondary N) is 1. The maximum Gasteiger partial charge on any atom is 0.300 e. The summed E-state index contributed by atoms with van der Waals surface area (Å²) >= 11 is 6.91. The van der Waals surface area contributed by atoms with E-state index in [2.05, 4.69) is 5.32 Å². The Labute approximate surface area is 213 Å². The Hall–Kier alpha value is -4.48. The van der Waals surface area contributed by atoms with Gasteiger partial charge in [0, 0.05) is 11.4 Å². The van der Waals surface area contributed by atoms with Gasteiger partial charge in [0.25, 0.3) is 11.7 Å². The van der Waals surface area contributed by atoms with Gasteiger partial charge in [0.2, 0.25) is 0 Å². The number of carbonyl (C=O) groups is 3. The van der Waals surface area contributed by atoms with E-state index in [4.69, 9.17) is 11.6 Å². The number of anilines is 2. The fourth-order valence-electron chi connectivity index (χ4n) is 4.55. The van der Waals surface area contributed by atoms with Crippen molar-refractivity contribution in [2.45, 2.75) is 5.54 Å². The van der Waals surface area contributed by atoms with E-state index < -0.39 is 23.1 Å². The molecule has 1 aliphatic rings. The molecule has 1 heterocycles.